The molecule has 0 saturated carbocycles. The summed E-state index contributed by atoms with van der Waals surface area (Å²) >= 11 is 2.60. The zero-order valence-corrected chi connectivity index (χ0v) is 22.7. The molecule has 1 aliphatic carbocycles. The number of aliphatic imine (C=N–C) groups is 1. The molecule has 31 heavy (non-hydrogen) atoms. The molecule has 156 valence electrons. The fourth-order valence-electron chi connectivity index (χ4n) is 3.81. The quantitative estimate of drug-likeness (QED) is 0.112. The van der Waals surface area contributed by atoms with Crippen LogP contribution in [0.4, 0.5) is 0 Å². The number of thiol groups is 1. The fourth-order valence-corrected chi connectivity index (χ4v) is 4.15. The van der Waals surface area contributed by atoms with Gasteiger partial charge in [-0.25, -0.2) is 0 Å². The molecule has 0 aromatic heterocycles. The van der Waals surface area contributed by atoms with Crippen LogP contribution in [0.1, 0.15) is 17.0 Å². The standard InChI is InChI=1S/C13H9.C12H7BrN.2ClH.H2S.Zr/c1-3-7-12-10(5-1)9-11-6-2-4-8-13(11)12;13-10-1-2-11-9(6-10)5-8-3-4-14-7-12(8)11;;;;/h1-9H;1-5,7,12H;2*1H;1H2;/q2*-1;;;;+2/p-3. The van der Waals surface area contributed by atoms with Crippen LogP contribution in [0.3, 0.4) is 0 Å². The molecule has 0 N–H and O–H groups in total. The molecule has 4 aromatic carbocycles. The van der Waals surface area contributed by atoms with Crippen LogP contribution in [0, 0.1) is 6.07 Å². The SMILES string of the molecule is Brc1[c-]c2c(cc1)C1C=NC=CC1=C2.[Cl][Zr][Cl].[SH-].c1ccc2c(c1)[cH-]c1ccccc12. The molecule has 1 unspecified atom stereocenters. The van der Waals surface area contributed by atoms with Crippen molar-refractivity contribution in [1.29, 1.82) is 0 Å². The number of fused-ring (bicyclic) bond motifs is 6. The second kappa shape index (κ2) is 11.7. The summed E-state index contributed by atoms with van der Waals surface area (Å²) in [5, 5.41) is 5.39. The molecule has 1 heterocycles. The van der Waals surface area contributed by atoms with Crippen molar-refractivity contribution in [1.82, 2.24) is 0 Å². The largest absolute Gasteiger partial charge is 0.813 e. The minimum absolute atomic E-state index is 0. The Labute approximate surface area is 216 Å². The molecule has 4 aromatic rings. The maximum Gasteiger partial charge on any atom is -0.0771 e. The van der Waals surface area contributed by atoms with Crippen LogP contribution in [0.15, 0.2) is 94.0 Å². The first-order chi connectivity index (χ1) is 14.7. The van der Waals surface area contributed by atoms with Gasteiger partial charge < -0.3 is 13.5 Å². The first-order valence-electron chi connectivity index (χ1n) is 9.34. The molecule has 1 nitrogen and oxygen atoms in total. The minimum Gasteiger partial charge on any atom is -0.813 e. The minimum atomic E-state index is -0.826. The number of allylic oxidation sites excluding steroid dienone is 2. The summed E-state index contributed by atoms with van der Waals surface area (Å²) in [6.07, 6.45) is 8.06. The van der Waals surface area contributed by atoms with Crippen LogP contribution in [0.5, 0.6) is 0 Å². The van der Waals surface area contributed by atoms with Crippen LogP contribution < -0.4 is 0 Å². The predicted molar refractivity (Wildman–Crippen MR) is 139 cm³/mol. The molecular weight excluding hydrogens is 588 g/mol. The summed E-state index contributed by atoms with van der Waals surface area (Å²) in [7, 11) is 9.87. The summed E-state index contributed by atoms with van der Waals surface area (Å²) < 4.78 is 1.01. The van der Waals surface area contributed by atoms with Gasteiger partial charge in [-0.1, -0.05) is 62.4 Å². The smallest absolute Gasteiger partial charge is 0.0771 e. The van der Waals surface area contributed by atoms with Crippen molar-refractivity contribution in [3.05, 3.63) is 106 Å². The van der Waals surface area contributed by atoms with Gasteiger partial charge in [-0.2, -0.15) is 0 Å². The second-order valence-corrected chi connectivity index (χ2v) is 11.4. The Hall–Kier alpha value is -1.03. The number of nitrogens with zero attached hydrogens (tertiary/aromatic N) is 1. The molecule has 1 atom stereocenters. The van der Waals surface area contributed by atoms with E-state index in [1.165, 1.54) is 38.2 Å². The van der Waals surface area contributed by atoms with Gasteiger partial charge in [-0.15, -0.1) is 75.1 Å². The Bertz CT molecular complexity index is 1230. The molecule has 0 fully saturated rings. The second-order valence-electron chi connectivity index (χ2n) is 6.80. The van der Waals surface area contributed by atoms with Crippen molar-refractivity contribution in [3.63, 3.8) is 0 Å². The van der Waals surface area contributed by atoms with Gasteiger partial charge >= 0.3 is 37.9 Å². The number of hydrogen-bond acceptors (Lipinski definition) is 2. The fraction of sp³-hybridized carbons (Fsp3) is 0.0400. The molecule has 1 aliphatic heterocycles. The Morgan fingerprint density at radius 2 is 1.55 bits per heavy atom. The van der Waals surface area contributed by atoms with Crippen molar-refractivity contribution in [2.75, 3.05) is 0 Å². The Kier molecular flexibility index (Phi) is 9.31. The topological polar surface area (TPSA) is 12.4 Å². The number of halogens is 3. The molecular formula is C25H17BrCl2NSZr-3. The maximum atomic E-state index is 4.93. The average molecular weight is 606 g/mol. The van der Waals surface area contributed by atoms with Crippen LogP contribution >= 0.6 is 33.0 Å². The Balaban J connectivity index is 0.000000152. The van der Waals surface area contributed by atoms with E-state index in [9.17, 15) is 0 Å². The van der Waals surface area contributed by atoms with Gasteiger partial charge in [-0.3, -0.25) is 4.99 Å². The number of rotatable bonds is 0. The van der Waals surface area contributed by atoms with Crippen LogP contribution in [-0.2, 0) is 34.3 Å². The zero-order valence-electron chi connectivity index (χ0n) is 16.3. The maximum absolute atomic E-state index is 4.93. The van der Waals surface area contributed by atoms with Gasteiger partial charge in [0.05, 0.1) is 0 Å². The van der Waals surface area contributed by atoms with Crippen LogP contribution in [0.2, 0.25) is 0 Å². The number of hydrogen-bond donors (Lipinski definition) is 0. The van der Waals surface area contributed by atoms with E-state index in [2.05, 4.69) is 99.8 Å². The molecule has 0 amide bonds. The van der Waals surface area contributed by atoms with E-state index >= 15 is 0 Å². The van der Waals surface area contributed by atoms with Gasteiger partial charge in [-0.05, 0) is 6.08 Å². The summed E-state index contributed by atoms with van der Waals surface area (Å²) in [5.41, 5.74) is 3.79. The van der Waals surface area contributed by atoms with Gasteiger partial charge in [0, 0.05) is 18.3 Å². The Morgan fingerprint density at radius 3 is 2.19 bits per heavy atom. The third kappa shape index (κ3) is 5.67. The molecule has 6 rings (SSSR count). The van der Waals surface area contributed by atoms with E-state index in [0.717, 1.165) is 4.47 Å². The van der Waals surface area contributed by atoms with Crippen LogP contribution in [-0.4, -0.2) is 6.21 Å². The van der Waals surface area contributed by atoms with E-state index in [4.69, 9.17) is 17.0 Å². The number of benzene rings is 3. The molecule has 0 spiro atoms. The van der Waals surface area contributed by atoms with Gasteiger partial charge in [0.15, 0.2) is 0 Å². The summed E-state index contributed by atoms with van der Waals surface area (Å²) in [5.74, 6) is 0.347. The van der Waals surface area contributed by atoms with Crippen LogP contribution in [0.25, 0.3) is 27.6 Å². The summed E-state index contributed by atoms with van der Waals surface area (Å²) in [6.45, 7) is 0. The first-order valence-corrected chi connectivity index (χ1v) is 16.5. The van der Waals surface area contributed by atoms with Crippen molar-refractivity contribution in [2.24, 2.45) is 4.99 Å². The summed E-state index contributed by atoms with van der Waals surface area (Å²) in [4.78, 5) is 4.17. The molecule has 0 saturated heterocycles. The van der Waals surface area contributed by atoms with E-state index in [0.29, 0.717) is 5.92 Å². The van der Waals surface area contributed by atoms with Crippen molar-refractivity contribution < 1.29 is 20.8 Å². The van der Waals surface area contributed by atoms with Crippen molar-refractivity contribution >= 4 is 80.3 Å². The van der Waals surface area contributed by atoms with E-state index in [1.54, 1.807) is 0 Å². The van der Waals surface area contributed by atoms with Crippen molar-refractivity contribution in [3.8, 4) is 0 Å². The van der Waals surface area contributed by atoms with Gasteiger partial charge in [0.25, 0.3) is 0 Å². The molecule has 0 radical (unpaired) electrons. The monoisotopic (exact) mass is 602 g/mol. The summed E-state index contributed by atoms with van der Waals surface area (Å²) in [6, 6.07) is 26.7. The van der Waals surface area contributed by atoms with Gasteiger partial charge in [0.2, 0.25) is 0 Å². The molecule has 0 bridgehead atoms. The molecule has 6 heteroatoms. The van der Waals surface area contributed by atoms with E-state index in [-0.39, 0.29) is 13.5 Å². The normalized spacial score (nSPS) is 14.9. The van der Waals surface area contributed by atoms with E-state index in [1.807, 2.05) is 18.5 Å². The molecule has 2 aliphatic rings. The van der Waals surface area contributed by atoms with E-state index < -0.39 is 20.8 Å². The predicted octanol–water partition coefficient (Wildman–Crippen LogP) is 8.15. The Morgan fingerprint density at radius 1 is 0.935 bits per heavy atom. The van der Waals surface area contributed by atoms with Crippen molar-refractivity contribution in [2.45, 2.75) is 5.92 Å². The third-order valence-corrected chi connectivity index (χ3v) is 5.55. The third-order valence-electron chi connectivity index (χ3n) is 5.09. The average Bonchev–Trinajstić information content (AvgIpc) is 3.32. The first kappa shape index (κ1) is 24.6. The zero-order chi connectivity index (χ0) is 20.9. The van der Waals surface area contributed by atoms with Gasteiger partial charge in [0.1, 0.15) is 0 Å².